The van der Waals surface area contributed by atoms with E-state index in [0.717, 1.165) is 5.56 Å². The van der Waals surface area contributed by atoms with Crippen LogP contribution in [0.4, 0.5) is 0 Å². The lowest BCUT2D eigenvalue weighted by Gasteiger charge is -2.21. The van der Waals surface area contributed by atoms with Crippen LogP contribution in [0.15, 0.2) is 6.07 Å². The molecule has 0 saturated heterocycles. The molecule has 1 aliphatic carbocycles. The van der Waals surface area contributed by atoms with Crippen LogP contribution < -0.4 is 9.47 Å². The number of benzene rings is 1. The molecule has 4 heteroatoms. The summed E-state index contributed by atoms with van der Waals surface area (Å²) in [5.74, 6) is 1.17. The van der Waals surface area contributed by atoms with Gasteiger partial charge in [-0.2, -0.15) is 0 Å². The Balaban J connectivity index is 2.70. The van der Waals surface area contributed by atoms with Gasteiger partial charge in [0.2, 0.25) is 0 Å². The van der Waals surface area contributed by atoms with Gasteiger partial charge in [0.05, 0.1) is 18.8 Å². The SMILES string of the molecule is CCOc1cc(Cl)c2c(c1OCC)C(=O)CC2(C)C. The fourth-order valence-corrected chi connectivity index (χ4v) is 3.11. The summed E-state index contributed by atoms with van der Waals surface area (Å²) in [5, 5.41) is 0.581. The summed E-state index contributed by atoms with van der Waals surface area (Å²) in [5.41, 5.74) is 1.23. The van der Waals surface area contributed by atoms with Crippen LogP contribution in [0.5, 0.6) is 11.5 Å². The van der Waals surface area contributed by atoms with Crippen molar-refractivity contribution in [3.05, 3.63) is 22.2 Å². The average molecular weight is 283 g/mol. The first-order valence-electron chi connectivity index (χ1n) is 6.58. The minimum absolute atomic E-state index is 0.0758. The molecular formula is C15H19ClO3. The van der Waals surface area contributed by atoms with Gasteiger partial charge in [-0.25, -0.2) is 0 Å². The molecule has 0 aromatic heterocycles. The highest BCUT2D eigenvalue weighted by atomic mass is 35.5. The number of hydrogen-bond donors (Lipinski definition) is 0. The normalized spacial score (nSPS) is 16.4. The maximum atomic E-state index is 12.3. The van der Waals surface area contributed by atoms with E-state index < -0.39 is 0 Å². The lowest BCUT2D eigenvalue weighted by atomic mass is 9.86. The summed E-state index contributed by atoms with van der Waals surface area (Å²) in [4.78, 5) is 12.3. The molecule has 1 aromatic rings. The van der Waals surface area contributed by atoms with Crippen LogP contribution in [-0.4, -0.2) is 19.0 Å². The fourth-order valence-electron chi connectivity index (χ4n) is 2.67. The van der Waals surface area contributed by atoms with Crippen LogP contribution >= 0.6 is 11.6 Å². The molecule has 0 fully saturated rings. The summed E-state index contributed by atoms with van der Waals surface area (Å²) in [7, 11) is 0. The predicted octanol–water partition coefficient (Wildman–Crippen LogP) is 4.00. The van der Waals surface area contributed by atoms with Crippen molar-refractivity contribution in [2.24, 2.45) is 0 Å². The average Bonchev–Trinajstić information content (AvgIpc) is 2.55. The summed E-state index contributed by atoms with van der Waals surface area (Å²) in [6.45, 7) is 8.83. The van der Waals surface area contributed by atoms with Crippen LogP contribution in [0.3, 0.4) is 0 Å². The highest BCUT2D eigenvalue weighted by molar-refractivity contribution is 6.33. The smallest absolute Gasteiger partial charge is 0.172 e. The van der Waals surface area contributed by atoms with Crippen molar-refractivity contribution >= 4 is 17.4 Å². The van der Waals surface area contributed by atoms with E-state index in [1.807, 2.05) is 27.7 Å². The Hall–Kier alpha value is -1.22. The minimum atomic E-state index is -0.250. The molecule has 0 heterocycles. The fraction of sp³-hybridized carbons (Fsp3) is 0.533. The number of ether oxygens (including phenoxy) is 2. The van der Waals surface area contributed by atoms with E-state index >= 15 is 0 Å². The van der Waals surface area contributed by atoms with Gasteiger partial charge in [0.1, 0.15) is 0 Å². The third kappa shape index (κ3) is 2.32. The molecule has 0 aliphatic heterocycles. The van der Waals surface area contributed by atoms with Gasteiger partial charge in [-0.1, -0.05) is 25.4 Å². The predicted molar refractivity (Wildman–Crippen MR) is 75.8 cm³/mol. The standard InChI is InChI=1S/C15H19ClO3/c1-5-18-11-7-9(16)13-12(14(11)19-6-2)10(17)8-15(13,3)4/h7H,5-6,8H2,1-4H3. The third-order valence-electron chi connectivity index (χ3n) is 3.34. The van der Waals surface area contributed by atoms with Gasteiger partial charge >= 0.3 is 0 Å². The second kappa shape index (κ2) is 5.04. The summed E-state index contributed by atoms with van der Waals surface area (Å²) in [6.07, 6.45) is 0.456. The molecule has 2 rings (SSSR count). The largest absolute Gasteiger partial charge is 0.490 e. The molecule has 1 aliphatic rings. The van der Waals surface area contributed by atoms with Crippen molar-refractivity contribution in [1.82, 2.24) is 0 Å². The maximum Gasteiger partial charge on any atom is 0.172 e. The molecule has 19 heavy (non-hydrogen) atoms. The van der Waals surface area contributed by atoms with Crippen LogP contribution in [0.25, 0.3) is 0 Å². The molecule has 1 aromatic carbocycles. The first kappa shape index (κ1) is 14.2. The second-order valence-corrected chi connectivity index (χ2v) is 5.69. The summed E-state index contributed by atoms with van der Waals surface area (Å²) in [6, 6.07) is 1.76. The van der Waals surface area contributed by atoms with Gasteiger partial charge in [0.15, 0.2) is 17.3 Å². The first-order valence-corrected chi connectivity index (χ1v) is 6.96. The topological polar surface area (TPSA) is 35.5 Å². The number of carbonyl (C=O) groups is 1. The van der Waals surface area contributed by atoms with E-state index in [9.17, 15) is 4.79 Å². The molecule has 0 amide bonds. The molecule has 0 radical (unpaired) electrons. The second-order valence-electron chi connectivity index (χ2n) is 5.29. The van der Waals surface area contributed by atoms with Gasteiger partial charge in [-0.05, 0) is 24.8 Å². The minimum Gasteiger partial charge on any atom is -0.490 e. The maximum absolute atomic E-state index is 12.3. The van der Waals surface area contributed by atoms with E-state index in [4.69, 9.17) is 21.1 Å². The van der Waals surface area contributed by atoms with Crippen LogP contribution in [-0.2, 0) is 5.41 Å². The van der Waals surface area contributed by atoms with E-state index in [1.165, 1.54) is 0 Å². The highest BCUT2D eigenvalue weighted by Crippen LogP contribution is 2.49. The van der Waals surface area contributed by atoms with E-state index in [-0.39, 0.29) is 11.2 Å². The van der Waals surface area contributed by atoms with Gasteiger partial charge in [-0.15, -0.1) is 0 Å². The Labute approximate surface area is 118 Å². The number of hydrogen-bond acceptors (Lipinski definition) is 3. The molecule has 104 valence electrons. The molecule has 0 atom stereocenters. The number of carbonyl (C=O) groups excluding carboxylic acids is 1. The Bertz CT molecular complexity index is 521. The summed E-state index contributed by atoms with van der Waals surface area (Å²) < 4.78 is 11.2. The number of halogens is 1. The van der Waals surface area contributed by atoms with Gasteiger partial charge < -0.3 is 9.47 Å². The zero-order valence-electron chi connectivity index (χ0n) is 11.8. The monoisotopic (exact) mass is 282 g/mol. The molecular weight excluding hydrogens is 264 g/mol. The van der Waals surface area contributed by atoms with Crippen molar-refractivity contribution in [1.29, 1.82) is 0 Å². The van der Waals surface area contributed by atoms with E-state index in [1.54, 1.807) is 6.07 Å². The first-order chi connectivity index (χ1) is 8.92. The molecule has 0 spiro atoms. The molecule has 0 N–H and O–H groups in total. The van der Waals surface area contributed by atoms with Crippen molar-refractivity contribution in [3.63, 3.8) is 0 Å². The van der Waals surface area contributed by atoms with Crippen LogP contribution in [0.2, 0.25) is 5.02 Å². The lowest BCUT2D eigenvalue weighted by molar-refractivity contribution is 0.0976. The Morgan fingerprint density at radius 3 is 2.47 bits per heavy atom. The van der Waals surface area contributed by atoms with Crippen LogP contribution in [0.1, 0.15) is 50.0 Å². The Morgan fingerprint density at radius 1 is 1.26 bits per heavy atom. The number of Topliss-reactive ketones (excluding diaryl/α,β-unsaturated/α-hetero) is 1. The quantitative estimate of drug-likeness (QED) is 0.837. The van der Waals surface area contributed by atoms with Crippen molar-refractivity contribution in [2.75, 3.05) is 13.2 Å². The van der Waals surface area contributed by atoms with Gasteiger partial charge in [-0.3, -0.25) is 4.79 Å². The van der Waals surface area contributed by atoms with E-state index in [0.29, 0.717) is 41.7 Å². The zero-order chi connectivity index (χ0) is 14.2. The molecule has 3 nitrogen and oxygen atoms in total. The van der Waals surface area contributed by atoms with Gasteiger partial charge in [0, 0.05) is 17.5 Å². The summed E-state index contributed by atoms with van der Waals surface area (Å²) >= 11 is 6.34. The van der Waals surface area contributed by atoms with Crippen molar-refractivity contribution in [2.45, 2.75) is 39.5 Å². The molecule has 0 unspecified atom stereocenters. The number of rotatable bonds is 4. The van der Waals surface area contributed by atoms with Crippen molar-refractivity contribution < 1.29 is 14.3 Å². The lowest BCUT2D eigenvalue weighted by Crippen LogP contribution is -2.13. The highest BCUT2D eigenvalue weighted by Gasteiger charge is 2.41. The molecule has 0 saturated carbocycles. The van der Waals surface area contributed by atoms with Crippen LogP contribution in [0, 0.1) is 0 Å². The number of ketones is 1. The Morgan fingerprint density at radius 2 is 1.89 bits per heavy atom. The third-order valence-corrected chi connectivity index (χ3v) is 3.64. The van der Waals surface area contributed by atoms with Crippen molar-refractivity contribution in [3.8, 4) is 11.5 Å². The van der Waals surface area contributed by atoms with E-state index in [2.05, 4.69) is 0 Å². The molecule has 0 bridgehead atoms. The van der Waals surface area contributed by atoms with Gasteiger partial charge in [0.25, 0.3) is 0 Å². The zero-order valence-corrected chi connectivity index (χ0v) is 12.6. The Kier molecular flexibility index (Phi) is 3.77. The number of fused-ring (bicyclic) bond motifs is 1.